The number of rotatable bonds is 6. The van der Waals surface area contributed by atoms with Gasteiger partial charge in [0.1, 0.15) is 0 Å². The number of piperazine rings is 1. The third kappa shape index (κ3) is 5.59. The molecule has 0 aromatic heterocycles. The Morgan fingerprint density at radius 2 is 1.82 bits per heavy atom. The van der Waals surface area contributed by atoms with Crippen LogP contribution in [-0.4, -0.2) is 67.2 Å². The fourth-order valence-electron chi connectivity index (χ4n) is 4.16. The van der Waals surface area contributed by atoms with Crippen LogP contribution in [0.15, 0.2) is 58.3 Å². The van der Waals surface area contributed by atoms with Crippen LogP contribution in [0.2, 0.25) is 0 Å². The number of carbonyl (C=O) groups excluding carboxylic acids is 2. The smallest absolute Gasteiger partial charge is 0.237 e. The monoisotopic (exact) mass is 487 g/mol. The molecule has 176 valence electrons. The van der Waals surface area contributed by atoms with Gasteiger partial charge in [-0.25, -0.2) is 8.42 Å². The third-order valence-electron chi connectivity index (χ3n) is 6.06. The molecule has 2 aromatic carbocycles. The average molecular weight is 488 g/mol. The molecule has 0 bridgehead atoms. The highest BCUT2D eigenvalue weighted by Crippen LogP contribution is 2.37. The molecule has 2 aromatic rings. The van der Waals surface area contributed by atoms with Gasteiger partial charge in [-0.3, -0.25) is 14.5 Å². The van der Waals surface area contributed by atoms with Gasteiger partial charge >= 0.3 is 0 Å². The topological polar surface area (TPSA) is 86.8 Å². The van der Waals surface area contributed by atoms with Gasteiger partial charge in [0.05, 0.1) is 21.6 Å². The lowest BCUT2D eigenvalue weighted by Crippen LogP contribution is -2.50. The first-order valence-electron chi connectivity index (χ1n) is 11.1. The van der Waals surface area contributed by atoms with E-state index in [9.17, 15) is 18.0 Å². The molecule has 7 nitrogen and oxygen atoms in total. The fraction of sp³-hybridized carbons (Fsp3) is 0.417. The van der Waals surface area contributed by atoms with Gasteiger partial charge in [-0.1, -0.05) is 37.3 Å². The van der Waals surface area contributed by atoms with Gasteiger partial charge in [-0.2, -0.15) is 0 Å². The van der Waals surface area contributed by atoms with Gasteiger partial charge in [-0.15, -0.1) is 11.8 Å². The molecule has 0 unspecified atom stereocenters. The SMILES string of the molecule is C[C@@H](CS(=O)(=O)c1ccc2c(c1)NC(=O)[C@@H](C)S2)C(=O)N1CCN(Cc2ccccc2)CC1. The van der Waals surface area contributed by atoms with E-state index in [1.807, 2.05) is 25.1 Å². The fourth-order valence-corrected chi connectivity index (χ4v) is 6.65. The number of fused-ring (bicyclic) bond motifs is 1. The van der Waals surface area contributed by atoms with E-state index in [2.05, 4.69) is 22.3 Å². The number of hydrogen-bond acceptors (Lipinski definition) is 6. The first-order chi connectivity index (χ1) is 15.7. The highest BCUT2D eigenvalue weighted by Gasteiger charge is 2.30. The molecule has 2 heterocycles. The van der Waals surface area contributed by atoms with Gasteiger partial charge in [0, 0.05) is 43.5 Å². The van der Waals surface area contributed by atoms with Crippen LogP contribution in [0.25, 0.3) is 0 Å². The van der Waals surface area contributed by atoms with E-state index in [1.165, 1.54) is 23.4 Å². The van der Waals surface area contributed by atoms with Gasteiger partial charge in [0.15, 0.2) is 9.84 Å². The molecule has 1 N–H and O–H groups in total. The first kappa shape index (κ1) is 23.8. The van der Waals surface area contributed by atoms with Crippen LogP contribution in [0.5, 0.6) is 0 Å². The van der Waals surface area contributed by atoms with Crippen molar-refractivity contribution in [1.82, 2.24) is 9.80 Å². The number of benzene rings is 2. The van der Waals surface area contributed by atoms with Crippen LogP contribution in [0.4, 0.5) is 5.69 Å². The summed E-state index contributed by atoms with van der Waals surface area (Å²) in [5.41, 5.74) is 1.75. The molecule has 2 aliphatic rings. The van der Waals surface area contributed by atoms with Crippen molar-refractivity contribution in [2.45, 2.75) is 35.4 Å². The van der Waals surface area contributed by atoms with Crippen molar-refractivity contribution in [2.24, 2.45) is 5.92 Å². The van der Waals surface area contributed by atoms with Crippen LogP contribution in [0, 0.1) is 5.92 Å². The van der Waals surface area contributed by atoms with Crippen LogP contribution in [-0.2, 0) is 26.0 Å². The molecular formula is C24H29N3O4S2. The summed E-state index contributed by atoms with van der Waals surface area (Å²) in [6, 6.07) is 15.0. The Balaban J connectivity index is 1.35. The summed E-state index contributed by atoms with van der Waals surface area (Å²) in [4.78, 5) is 30.0. The summed E-state index contributed by atoms with van der Waals surface area (Å²) < 4.78 is 26.0. The van der Waals surface area contributed by atoms with Crippen molar-refractivity contribution in [3.63, 3.8) is 0 Å². The quantitative estimate of drug-likeness (QED) is 0.674. The molecule has 4 rings (SSSR count). The van der Waals surface area contributed by atoms with Gasteiger partial charge in [0.25, 0.3) is 0 Å². The molecule has 9 heteroatoms. The van der Waals surface area contributed by atoms with E-state index in [4.69, 9.17) is 0 Å². The molecule has 2 aliphatic heterocycles. The maximum absolute atomic E-state index is 13.0. The largest absolute Gasteiger partial charge is 0.340 e. The predicted molar refractivity (Wildman–Crippen MR) is 130 cm³/mol. The standard InChI is InChI=1S/C24H29N3O4S2/c1-17(24(29)27-12-10-26(11-13-27)15-19-6-4-3-5-7-19)16-33(30,31)20-8-9-22-21(14-20)25-23(28)18(2)32-22/h3-9,14,17-18H,10-13,15-16H2,1-2H3,(H,25,28)/t17-,18+/m0/s1. The van der Waals surface area contributed by atoms with E-state index in [-0.39, 0.29) is 27.7 Å². The molecule has 0 spiro atoms. The van der Waals surface area contributed by atoms with Crippen molar-refractivity contribution in [2.75, 3.05) is 37.2 Å². The minimum absolute atomic E-state index is 0.129. The molecule has 2 atom stereocenters. The Morgan fingerprint density at radius 1 is 1.12 bits per heavy atom. The lowest BCUT2D eigenvalue weighted by molar-refractivity contribution is -0.136. The molecular weight excluding hydrogens is 458 g/mol. The second-order valence-corrected chi connectivity index (χ2v) is 12.1. The first-order valence-corrected chi connectivity index (χ1v) is 13.7. The second-order valence-electron chi connectivity index (χ2n) is 8.68. The van der Waals surface area contributed by atoms with Crippen LogP contribution < -0.4 is 5.32 Å². The average Bonchev–Trinajstić information content (AvgIpc) is 2.80. The van der Waals surface area contributed by atoms with Crippen LogP contribution in [0.3, 0.4) is 0 Å². The van der Waals surface area contributed by atoms with E-state index in [0.29, 0.717) is 18.8 Å². The Hall–Kier alpha value is -2.36. The third-order valence-corrected chi connectivity index (χ3v) is 9.15. The lowest BCUT2D eigenvalue weighted by Gasteiger charge is -2.36. The minimum atomic E-state index is -3.68. The number of amides is 2. The number of anilines is 1. The van der Waals surface area contributed by atoms with Crippen LogP contribution >= 0.6 is 11.8 Å². The molecule has 0 saturated carbocycles. The lowest BCUT2D eigenvalue weighted by atomic mass is 10.1. The number of carbonyl (C=O) groups is 2. The Morgan fingerprint density at radius 3 is 2.52 bits per heavy atom. The Kier molecular flexibility index (Phi) is 7.11. The van der Waals surface area contributed by atoms with Crippen molar-refractivity contribution in [3.05, 3.63) is 54.1 Å². The highest BCUT2D eigenvalue weighted by atomic mass is 32.2. The Labute approximate surface area is 199 Å². The molecule has 1 fully saturated rings. The molecule has 2 amide bonds. The van der Waals surface area contributed by atoms with Crippen molar-refractivity contribution in [3.8, 4) is 0 Å². The summed E-state index contributed by atoms with van der Waals surface area (Å²) in [6.45, 7) is 7.04. The number of hydrogen-bond donors (Lipinski definition) is 1. The number of thioether (sulfide) groups is 1. The normalized spacial score (nSPS) is 20.1. The van der Waals surface area contributed by atoms with E-state index in [1.54, 1.807) is 24.0 Å². The zero-order valence-corrected chi connectivity index (χ0v) is 20.5. The number of nitrogens with one attached hydrogen (secondary N) is 1. The minimum Gasteiger partial charge on any atom is -0.340 e. The summed E-state index contributed by atoms with van der Waals surface area (Å²) in [5.74, 6) is -1.17. The summed E-state index contributed by atoms with van der Waals surface area (Å²) in [5, 5.41) is 2.55. The zero-order chi connectivity index (χ0) is 23.6. The predicted octanol–water partition coefficient (Wildman–Crippen LogP) is 2.87. The Bertz CT molecular complexity index is 1130. The summed E-state index contributed by atoms with van der Waals surface area (Å²) in [6.07, 6.45) is 0. The number of nitrogens with zero attached hydrogens (tertiary/aromatic N) is 2. The highest BCUT2D eigenvalue weighted by molar-refractivity contribution is 8.01. The van der Waals surface area contributed by atoms with Crippen molar-refractivity contribution >= 4 is 39.1 Å². The van der Waals surface area contributed by atoms with Crippen molar-refractivity contribution < 1.29 is 18.0 Å². The number of sulfone groups is 1. The molecule has 0 aliphatic carbocycles. The zero-order valence-electron chi connectivity index (χ0n) is 18.9. The summed E-state index contributed by atoms with van der Waals surface area (Å²) >= 11 is 1.41. The van der Waals surface area contributed by atoms with Gasteiger partial charge < -0.3 is 10.2 Å². The maximum Gasteiger partial charge on any atom is 0.237 e. The van der Waals surface area contributed by atoms with E-state index < -0.39 is 15.8 Å². The van der Waals surface area contributed by atoms with Crippen LogP contribution in [0.1, 0.15) is 19.4 Å². The molecule has 0 radical (unpaired) electrons. The molecule has 1 saturated heterocycles. The summed E-state index contributed by atoms with van der Waals surface area (Å²) in [7, 11) is -3.68. The van der Waals surface area contributed by atoms with Gasteiger partial charge in [-0.05, 0) is 30.7 Å². The van der Waals surface area contributed by atoms with Gasteiger partial charge in [0.2, 0.25) is 11.8 Å². The second kappa shape index (κ2) is 9.87. The maximum atomic E-state index is 13.0. The van der Waals surface area contributed by atoms with E-state index >= 15 is 0 Å². The molecule has 33 heavy (non-hydrogen) atoms. The van der Waals surface area contributed by atoms with E-state index in [0.717, 1.165) is 24.5 Å². The van der Waals surface area contributed by atoms with Crippen molar-refractivity contribution in [1.29, 1.82) is 0 Å².